The van der Waals surface area contributed by atoms with E-state index in [0.29, 0.717) is 16.3 Å². The second-order valence-electron chi connectivity index (χ2n) is 5.47. The third-order valence-corrected chi connectivity index (χ3v) is 4.43. The fourth-order valence-corrected chi connectivity index (χ4v) is 3.03. The van der Waals surface area contributed by atoms with Gasteiger partial charge < -0.3 is 5.32 Å². The van der Waals surface area contributed by atoms with E-state index in [-0.39, 0.29) is 11.8 Å². The van der Waals surface area contributed by atoms with Gasteiger partial charge in [0, 0.05) is 10.9 Å². The second-order valence-corrected chi connectivity index (χ2v) is 6.32. The Morgan fingerprint density at radius 3 is 2.24 bits per heavy atom. The Kier molecular flexibility index (Phi) is 5.20. The van der Waals surface area contributed by atoms with Gasteiger partial charge >= 0.3 is 0 Å². The predicted octanol–water partition coefficient (Wildman–Crippen LogP) is 3.56. The Labute approximate surface area is 149 Å². The summed E-state index contributed by atoms with van der Waals surface area (Å²) in [7, 11) is 0. The summed E-state index contributed by atoms with van der Waals surface area (Å²) in [6.07, 6.45) is 0. The van der Waals surface area contributed by atoms with E-state index < -0.39 is 6.04 Å². The highest BCUT2D eigenvalue weighted by molar-refractivity contribution is 7.13. The van der Waals surface area contributed by atoms with E-state index in [4.69, 9.17) is 0 Å². The van der Waals surface area contributed by atoms with Crippen molar-refractivity contribution in [2.75, 3.05) is 5.32 Å². The molecule has 3 rings (SSSR count). The number of thiazole rings is 1. The van der Waals surface area contributed by atoms with Gasteiger partial charge in [0.25, 0.3) is 11.8 Å². The van der Waals surface area contributed by atoms with Gasteiger partial charge in [-0.1, -0.05) is 48.5 Å². The van der Waals surface area contributed by atoms with Gasteiger partial charge in [-0.15, -0.1) is 11.3 Å². The molecular weight excluding hydrogens is 334 g/mol. The van der Waals surface area contributed by atoms with Crippen LogP contribution in [0.2, 0.25) is 0 Å². The van der Waals surface area contributed by atoms with Crippen molar-refractivity contribution >= 4 is 28.3 Å². The van der Waals surface area contributed by atoms with Crippen LogP contribution < -0.4 is 10.6 Å². The summed E-state index contributed by atoms with van der Waals surface area (Å²) in [6, 6.07) is 17.2. The fourth-order valence-electron chi connectivity index (χ4n) is 2.34. The van der Waals surface area contributed by atoms with Crippen molar-refractivity contribution in [3.8, 4) is 0 Å². The number of aromatic nitrogens is 1. The molecule has 0 fully saturated rings. The number of rotatable bonds is 5. The number of aryl methyl sites for hydroxylation is 1. The lowest BCUT2D eigenvalue weighted by molar-refractivity contribution is -0.118. The molecular formula is C19H17N3O2S. The van der Waals surface area contributed by atoms with Gasteiger partial charge in [-0.3, -0.25) is 14.9 Å². The molecule has 0 saturated carbocycles. The topological polar surface area (TPSA) is 71.1 Å². The lowest BCUT2D eigenvalue weighted by Gasteiger charge is -2.18. The first-order chi connectivity index (χ1) is 12.1. The zero-order valence-corrected chi connectivity index (χ0v) is 14.4. The molecule has 0 aliphatic rings. The Morgan fingerprint density at radius 2 is 1.64 bits per heavy atom. The Balaban J connectivity index is 1.82. The third kappa shape index (κ3) is 4.30. The maximum atomic E-state index is 12.7. The summed E-state index contributed by atoms with van der Waals surface area (Å²) in [5.74, 6) is -0.634. The van der Waals surface area contributed by atoms with Crippen molar-refractivity contribution in [2.24, 2.45) is 0 Å². The molecule has 1 aromatic heterocycles. The number of hydrogen-bond donors (Lipinski definition) is 2. The number of benzene rings is 2. The summed E-state index contributed by atoms with van der Waals surface area (Å²) < 4.78 is 0. The average Bonchev–Trinajstić information content (AvgIpc) is 3.05. The van der Waals surface area contributed by atoms with Crippen LogP contribution in [0.1, 0.15) is 27.7 Å². The Hall–Kier alpha value is -2.99. The standard InChI is InChI=1S/C19H17N3O2S/c1-13-12-25-19(20-13)22-18(24)16(14-8-4-2-5-9-14)21-17(23)15-10-6-3-7-11-15/h2-12,16H,1H3,(H,21,23)(H,20,22,24). The first-order valence-corrected chi connectivity index (χ1v) is 8.65. The van der Waals surface area contributed by atoms with Crippen LogP contribution in [0.3, 0.4) is 0 Å². The summed E-state index contributed by atoms with van der Waals surface area (Å²) >= 11 is 1.35. The van der Waals surface area contributed by atoms with E-state index in [1.807, 2.05) is 48.7 Å². The summed E-state index contributed by atoms with van der Waals surface area (Å²) in [5, 5.41) is 7.94. The van der Waals surface area contributed by atoms with E-state index in [0.717, 1.165) is 5.69 Å². The lowest BCUT2D eigenvalue weighted by Crippen LogP contribution is -2.37. The molecule has 0 radical (unpaired) electrons. The summed E-state index contributed by atoms with van der Waals surface area (Å²) in [4.78, 5) is 29.5. The van der Waals surface area contributed by atoms with E-state index in [1.165, 1.54) is 11.3 Å². The third-order valence-electron chi connectivity index (χ3n) is 3.56. The molecule has 1 atom stereocenters. The molecule has 1 heterocycles. The molecule has 6 heteroatoms. The van der Waals surface area contributed by atoms with Crippen LogP contribution in [0.5, 0.6) is 0 Å². The van der Waals surface area contributed by atoms with E-state index in [1.54, 1.807) is 24.3 Å². The maximum Gasteiger partial charge on any atom is 0.253 e. The van der Waals surface area contributed by atoms with Gasteiger partial charge in [-0.25, -0.2) is 4.98 Å². The Bertz CT molecular complexity index is 863. The molecule has 2 aromatic carbocycles. The normalized spacial score (nSPS) is 11.6. The highest BCUT2D eigenvalue weighted by Crippen LogP contribution is 2.19. The first kappa shape index (κ1) is 16.9. The van der Waals surface area contributed by atoms with Crippen LogP contribution >= 0.6 is 11.3 Å². The minimum atomic E-state index is -0.807. The molecule has 0 bridgehead atoms. The van der Waals surface area contributed by atoms with Gasteiger partial charge in [-0.2, -0.15) is 0 Å². The number of nitrogens with one attached hydrogen (secondary N) is 2. The minimum Gasteiger partial charge on any atom is -0.336 e. The number of amides is 2. The smallest absolute Gasteiger partial charge is 0.253 e. The lowest BCUT2D eigenvalue weighted by atomic mass is 10.1. The zero-order valence-electron chi connectivity index (χ0n) is 13.6. The maximum absolute atomic E-state index is 12.7. The van der Waals surface area contributed by atoms with Crippen LogP contribution in [0.4, 0.5) is 5.13 Å². The number of hydrogen-bond acceptors (Lipinski definition) is 4. The van der Waals surface area contributed by atoms with Crippen LogP contribution in [0.25, 0.3) is 0 Å². The van der Waals surface area contributed by atoms with Crippen LogP contribution in [-0.4, -0.2) is 16.8 Å². The van der Waals surface area contributed by atoms with Crippen molar-refractivity contribution in [1.82, 2.24) is 10.3 Å². The van der Waals surface area contributed by atoms with Crippen molar-refractivity contribution in [3.05, 3.63) is 82.9 Å². The molecule has 0 aliphatic heterocycles. The van der Waals surface area contributed by atoms with E-state index >= 15 is 0 Å². The Morgan fingerprint density at radius 1 is 1.00 bits per heavy atom. The predicted molar refractivity (Wildman–Crippen MR) is 98.6 cm³/mol. The molecule has 2 N–H and O–H groups in total. The number of nitrogens with zero attached hydrogens (tertiary/aromatic N) is 1. The van der Waals surface area contributed by atoms with E-state index in [2.05, 4.69) is 15.6 Å². The molecule has 0 spiro atoms. The molecule has 3 aromatic rings. The molecule has 5 nitrogen and oxygen atoms in total. The molecule has 0 saturated heterocycles. The van der Waals surface area contributed by atoms with Gasteiger partial charge in [0.15, 0.2) is 5.13 Å². The van der Waals surface area contributed by atoms with Gasteiger partial charge in [0.2, 0.25) is 0 Å². The second kappa shape index (κ2) is 7.72. The van der Waals surface area contributed by atoms with Gasteiger partial charge in [0.1, 0.15) is 6.04 Å². The average molecular weight is 351 g/mol. The van der Waals surface area contributed by atoms with Crippen LogP contribution in [0, 0.1) is 6.92 Å². The molecule has 0 aliphatic carbocycles. The largest absolute Gasteiger partial charge is 0.336 e. The molecule has 126 valence electrons. The number of carbonyl (C=O) groups excluding carboxylic acids is 2. The van der Waals surface area contributed by atoms with Crippen LogP contribution in [-0.2, 0) is 4.79 Å². The fraction of sp³-hybridized carbons (Fsp3) is 0.105. The van der Waals surface area contributed by atoms with E-state index in [9.17, 15) is 9.59 Å². The minimum absolute atomic E-state index is 0.306. The quantitative estimate of drug-likeness (QED) is 0.738. The van der Waals surface area contributed by atoms with Crippen molar-refractivity contribution in [3.63, 3.8) is 0 Å². The highest BCUT2D eigenvalue weighted by atomic mass is 32.1. The van der Waals surface area contributed by atoms with Gasteiger partial charge in [0.05, 0.1) is 5.69 Å². The number of carbonyl (C=O) groups is 2. The first-order valence-electron chi connectivity index (χ1n) is 7.77. The van der Waals surface area contributed by atoms with Crippen molar-refractivity contribution < 1.29 is 9.59 Å². The highest BCUT2D eigenvalue weighted by Gasteiger charge is 2.24. The molecule has 2 amide bonds. The molecule has 1 unspecified atom stereocenters. The summed E-state index contributed by atoms with van der Waals surface area (Å²) in [6.45, 7) is 1.86. The monoisotopic (exact) mass is 351 g/mol. The number of anilines is 1. The van der Waals surface area contributed by atoms with Crippen LogP contribution in [0.15, 0.2) is 66.0 Å². The van der Waals surface area contributed by atoms with Crippen molar-refractivity contribution in [1.29, 1.82) is 0 Å². The van der Waals surface area contributed by atoms with Gasteiger partial charge in [-0.05, 0) is 24.6 Å². The molecule has 25 heavy (non-hydrogen) atoms. The summed E-state index contributed by atoms with van der Waals surface area (Å²) in [5.41, 5.74) is 2.05. The zero-order chi connectivity index (χ0) is 17.6. The van der Waals surface area contributed by atoms with Crippen molar-refractivity contribution in [2.45, 2.75) is 13.0 Å². The SMILES string of the molecule is Cc1csc(NC(=O)C(NC(=O)c2ccccc2)c2ccccc2)n1.